The van der Waals surface area contributed by atoms with Crippen LogP contribution in [0.1, 0.15) is 18.5 Å². The smallest absolute Gasteiger partial charge is 0.249 e. The molecule has 0 radical (unpaired) electrons. The number of H-pyrrole nitrogens is 1. The van der Waals surface area contributed by atoms with Gasteiger partial charge in [0.1, 0.15) is 11.5 Å². The molecule has 0 aliphatic heterocycles. The fourth-order valence-corrected chi connectivity index (χ4v) is 3.04. The number of benzene rings is 1. The third-order valence-electron chi connectivity index (χ3n) is 3.71. The maximum Gasteiger partial charge on any atom is 0.249 e. The number of hydrogen-bond donors (Lipinski definition) is 3. The highest BCUT2D eigenvalue weighted by Crippen LogP contribution is 2.28. The lowest BCUT2D eigenvalue weighted by atomic mass is 9.99. The Bertz CT molecular complexity index is 1040. The predicted molar refractivity (Wildman–Crippen MR) is 96.9 cm³/mol. The number of hydrogen-bond acceptors (Lipinski definition) is 4. The van der Waals surface area contributed by atoms with E-state index in [9.17, 15) is 17.6 Å². The molecule has 3 rings (SSSR count). The number of aromatic nitrogens is 2. The summed E-state index contributed by atoms with van der Waals surface area (Å²) in [4.78, 5) is 18.1. The molecule has 0 fully saturated rings. The van der Waals surface area contributed by atoms with Gasteiger partial charge in [0.05, 0.1) is 0 Å². The van der Waals surface area contributed by atoms with Crippen LogP contribution in [0, 0.1) is 5.82 Å². The van der Waals surface area contributed by atoms with Crippen molar-refractivity contribution in [3.8, 4) is 11.1 Å². The molecule has 3 aromatic rings. The fraction of sp³-hybridized carbons (Fsp3) is 0.125. The van der Waals surface area contributed by atoms with Gasteiger partial charge in [-0.1, -0.05) is 12.1 Å². The minimum Gasteiger partial charge on any atom is -0.307 e. The van der Waals surface area contributed by atoms with Gasteiger partial charge in [0.2, 0.25) is 16.4 Å². The Kier molecular flexibility index (Phi) is 5.89. The molecule has 9 heteroatoms. The summed E-state index contributed by atoms with van der Waals surface area (Å²) in [6.45, 7) is 1.57. The van der Waals surface area contributed by atoms with Gasteiger partial charge in [-0.05, 0) is 36.2 Å². The standard InChI is InChI=1S/C16H14FN3O3S.ClH/c1-9(20-24(22)23)11-3-2-10(8-14(11)17)12-6-7-18-16-13(12)4-5-15(21)19-16;/h2-9,24H,1H3,(H,18,19,21)(H,20,22,23);1H/t9-;/m1./s1. The summed E-state index contributed by atoms with van der Waals surface area (Å²) >= 11 is 0. The van der Waals surface area contributed by atoms with Crippen LogP contribution in [0.2, 0.25) is 0 Å². The van der Waals surface area contributed by atoms with Crippen molar-refractivity contribution in [2.24, 2.45) is 0 Å². The summed E-state index contributed by atoms with van der Waals surface area (Å²) < 4.78 is 38.1. The van der Waals surface area contributed by atoms with Crippen LogP contribution in [-0.4, -0.2) is 18.4 Å². The molecule has 2 heterocycles. The number of halogens is 2. The number of nitrogens with zero attached hydrogens (tertiary/aromatic N) is 1. The molecule has 2 aromatic heterocycles. The van der Waals surface area contributed by atoms with Crippen molar-refractivity contribution in [1.82, 2.24) is 14.7 Å². The van der Waals surface area contributed by atoms with Crippen molar-refractivity contribution in [3.05, 3.63) is 64.3 Å². The molecule has 0 aliphatic rings. The molecule has 6 nitrogen and oxygen atoms in total. The monoisotopic (exact) mass is 383 g/mol. The summed E-state index contributed by atoms with van der Waals surface area (Å²) in [5, 5.41) is 0.693. The third kappa shape index (κ3) is 4.04. The minimum absolute atomic E-state index is 0. The van der Waals surface area contributed by atoms with Gasteiger partial charge in [-0.2, -0.15) is 0 Å². The van der Waals surface area contributed by atoms with E-state index in [2.05, 4.69) is 14.7 Å². The Labute approximate surface area is 150 Å². The number of pyridine rings is 2. The average Bonchev–Trinajstić information content (AvgIpc) is 2.53. The predicted octanol–water partition coefficient (Wildman–Crippen LogP) is 2.33. The molecule has 0 saturated carbocycles. The van der Waals surface area contributed by atoms with E-state index in [-0.39, 0.29) is 23.5 Å². The molecule has 0 bridgehead atoms. The molecule has 0 unspecified atom stereocenters. The van der Waals surface area contributed by atoms with E-state index in [1.807, 2.05) is 0 Å². The van der Waals surface area contributed by atoms with Crippen LogP contribution in [0.3, 0.4) is 0 Å². The van der Waals surface area contributed by atoms with Crippen molar-refractivity contribution in [2.75, 3.05) is 0 Å². The molecular formula is C16H15ClFN3O3S. The lowest BCUT2D eigenvalue weighted by Gasteiger charge is -2.13. The van der Waals surface area contributed by atoms with Crippen LogP contribution in [-0.2, 0) is 10.9 Å². The molecule has 2 N–H and O–H groups in total. The Hall–Kier alpha value is -2.29. The molecule has 25 heavy (non-hydrogen) atoms. The van der Waals surface area contributed by atoms with E-state index < -0.39 is 22.7 Å². The first-order valence-electron chi connectivity index (χ1n) is 7.14. The Balaban J connectivity index is 0.00000225. The van der Waals surface area contributed by atoms with Crippen molar-refractivity contribution in [3.63, 3.8) is 0 Å². The Morgan fingerprint density at radius 3 is 2.64 bits per heavy atom. The molecule has 132 valence electrons. The topological polar surface area (TPSA) is 91.9 Å². The zero-order valence-corrected chi connectivity index (χ0v) is 14.7. The molecule has 1 atom stereocenters. The minimum atomic E-state index is -2.81. The van der Waals surface area contributed by atoms with Gasteiger partial charge in [0.25, 0.3) is 0 Å². The van der Waals surface area contributed by atoms with Crippen LogP contribution in [0.4, 0.5) is 4.39 Å². The van der Waals surface area contributed by atoms with Crippen LogP contribution >= 0.6 is 12.4 Å². The van der Waals surface area contributed by atoms with Crippen molar-refractivity contribution < 1.29 is 12.8 Å². The third-order valence-corrected chi connectivity index (χ3v) is 4.31. The average molecular weight is 384 g/mol. The number of fused-ring (bicyclic) bond motifs is 1. The lowest BCUT2D eigenvalue weighted by Crippen LogP contribution is -2.17. The normalized spacial score (nSPS) is 12.1. The van der Waals surface area contributed by atoms with Crippen molar-refractivity contribution >= 4 is 34.3 Å². The number of thiol groups is 1. The highest BCUT2D eigenvalue weighted by atomic mass is 35.5. The lowest BCUT2D eigenvalue weighted by molar-refractivity contribution is 0.563. The first-order valence-corrected chi connectivity index (χ1v) is 8.32. The first-order chi connectivity index (χ1) is 11.5. The molecule has 0 amide bonds. The second kappa shape index (κ2) is 7.73. The van der Waals surface area contributed by atoms with Gasteiger partial charge < -0.3 is 4.98 Å². The quantitative estimate of drug-likeness (QED) is 0.603. The van der Waals surface area contributed by atoms with Gasteiger partial charge in [-0.25, -0.2) is 22.5 Å². The van der Waals surface area contributed by atoms with E-state index in [0.717, 1.165) is 5.56 Å². The SMILES string of the molecule is C[C@@H](N[SH](=O)=O)c1ccc(-c2ccnc3[nH]c(=O)ccc23)cc1F.Cl. The highest BCUT2D eigenvalue weighted by Gasteiger charge is 2.13. The van der Waals surface area contributed by atoms with Crippen LogP contribution in [0.25, 0.3) is 22.2 Å². The van der Waals surface area contributed by atoms with Gasteiger partial charge in [-0.3, -0.25) is 4.79 Å². The molecule has 1 aromatic carbocycles. The van der Waals surface area contributed by atoms with Gasteiger partial charge in [0.15, 0.2) is 0 Å². The Morgan fingerprint density at radius 2 is 1.96 bits per heavy atom. The zero-order valence-electron chi connectivity index (χ0n) is 13.0. The van der Waals surface area contributed by atoms with E-state index in [1.165, 1.54) is 18.3 Å². The number of nitrogens with one attached hydrogen (secondary N) is 2. The van der Waals surface area contributed by atoms with Crippen LogP contribution in [0.15, 0.2) is 47.4 Å². The Morgan fingerprint density at radius 1 is 1.20 bits per heavy atom. The zero-order chi connectivity index (χ0) is 17.3. The molecule has 0 spiro atoms. The number of aromatic amines is 1. The maximum atomic E-state index is 14.4. The van der Waals surface area contributed by atoms with Gasteiger partial charge in [0, 0.05) is 29.3 Å². The van der Waals surface area contributed by atoms with E-state index in [4.69, 9.17) is 0 Å². The summed E-state index contributed by atoms with van der Waals surface area (Å²) in [5.74, 6) is -0.515. The second-order valence-corrected chi connectivity index (χ2v) is 6.06. The van der Waals surface area contributed by atoms with Gasteiger partial charge in [-0.15, -0.1) is 12.4 Å². The van der Waals surface area contributed by atoms with Gasteiger partial charge >= 0.3 is 0 Å². The molecule has 0 aliphatic carbocycles. The summed E-state index contributed by atoms with van der Waals surface area (Å²) in [7, 11) is -2.81. The summed E-state index contributed by atoms with van der Waals surface area (Å²) in [5.41, 5.74) is 1.74. The van der Waals surface area contributed by atoms with Crippen LogP contribution < -0.4 is 10.3 Å². The summed E-state index contributed by atoms with van der Waals surface area (Å²) in [6.07, 6.45) is 1.53. The molecule has 0 saturated heterocycles. The van der Waals surface area contributed by atoms with Crippen molar-refractivity contribution in [1.29, 1.82) is 0 Å². The van der Waals surface area contributed by atoms with Crippen LogP contribution in [0.5, 0.6) is 0 Å². The summed E-state index contributed by atoms with van der Waals surface area (Å²) in [6, 6.07) is 8.67. The maximum absolute atomic E-state index is 14.4. The van der Waals surface area contributed by atoms with Crippen molar-refractivity contribution in [2.45, 2.75) is 13.0 Å². The van der Waals surface area contributed by atoms with E-state index in [1.54, 1.807) is 31.2 Å². The highest BCUT2D eigenvalue weighted by molar-refractivity contribution is 7.70. The second-order valence-electron chi connectivity index (χ2n) is 5.29. The largest absolute Gasteiger partial charge is 0.307 e. The van der Waals surface area contributed by atoms with E-state index >= 15 is 0 Å². The fourth-order valence-electron chi connectivity index (χ4n) is 2.58. The number of rotatable bonds is 4. The first kappa shape index (κ1) is 19.0. The molecular weight excluding hydrogens is 369 g/mol. The van der Waals surface area contributed by atoms with E-state index in [0.29, 0.717) is 16.6 Å².